The van der Waals surface area contributed by atoms with Crippen LogP contribution in [0.5, 0.6) is 0 Å². The highest BCUT2D eigenvalue weighted by atomic mass is 32.2. The number of anilines is 1. The number of fused-ring (bicyclic) bond motifs is 1. The van der Waals surface area contributed by atoms with Crippen molar-refractivity contribution in [2.24, 2.45) is 0 Å². The van der Waals surface area contributed by atoms with Crippen molar-refractivity contribution in [1.29, 1.82) is 5.26 Å². The first-order valence-corrected chi connectivity index (χ1v) is 12.8. The van der Waals surface area contributed by atoms with Crippen molar-refractivity contribution >= 4 is 27.2 Å². The van der Waals surface area contributed by atoms with Crippen LogP contribution in [0.4, 0.5) is 5.69 Å². The van der Waals surface area contributed by atoms with E-state index in [2.05, 4.69) is 29.7 Å². The van der Waals surface area contributed by atoms with Gasteiger partial charge in [-0.05, 0) is 61.2 Å². The number of unbranched alkanes of at least 4 members (excludes halogenated alkanes) is 3. The number of nitriles is 1. The number of hydrogen-bond acceptors (Lipinski definition) is 4. The van der Waals surface area contributed by atoms with Crippen molar-refractivity contribution in [3.8, 4) is 6.07 Å². The van der Waals surface area contributed by atoms with Gasteiger partial charge in [-0.3, -0.25) is 0 Å². The van der Waals surface area contributed by atoms with Gasteiger partial charge in [-0.2, -0.15) is 0 Å². The molecule has 0 aliphatic carbocycles. The van der Waals surface area contributed by atoms with Gasteiger partial charge in [0.05, 0.1) is 22.4 Å². The van der Waals surface area contributed by atoms with Crippen molar-refractivity contribution in [2.45, 2.75) is 51.3 Å². The van der Waals surface area contributed by atoms with Gasteiger partial charge in [0.15, 0.2) is 0 Å². The zero-order valence-electron chi connectivity index (χ0n) is 19.4. The summed E-state index contributed by atoms with van der Waals surface area (Å²) in [5.41, 5.74) is 3.20. The minimum absolute atomic E-state index is 0.0130. The van der Waals surface area contributed by atoms with E-state index in [0.717, 1.165) is 36.3 Å². The molecule has 2 aromatic carbocycles. The maximum absolute atomic E-state index is 13.3. The summed E-state index contributed by atoms with van der Waals surface area (Å²) in [4.78, 5) is 5.80. The fourth-order valence-electron chi connectivity index (χ4n) is 4.18. The molecular weight excluding hydrogens is 430 g/mol. The predicted octanol–water partition coefficient (Wildman–Crippen LogP) is 6.38. The summed E-state index contributed by atoms with van der Waals surface area (Å²) in [5.74, 6) is 0. The molecule has 0 saturated carbocycles. The molecule has 0 atom stereocenters. The van der Waals surface area contributed by atoms with Crippen LogP contribution in [-0.4, -0.2) is 21.5 Å². The lowest BCUT2D eigenvalue weighted by Gasteiger charge is -2.24. The molecule has 33 heavy (non-hydrogen) atoms. The van der Waals surface area contributed by atoms with Crippen LogP contribution < -0.4 is 4.90 Å². The highest BCUT2D eigenvalue weighted by Crippen LogP contribution is 2.45. The molecule has 0 unspecified atom stereocenters. The van der Waals surface area contributed by atoms with Gasteiger partial charge < -0.3 is 4.90 Å². The molecule has 1 aliphatic heterocycles. The second-order valence-corrected chi connectivity index (χ2v) is 10.0. The fourth-order valence-corrected chi connectivity index (χ4v) is 5.89. The monoisotopic (exact) mass is 459 g/mol. The first-order valence-electron chi connectivity index (χ1n) is 11.3. The fraction of sp³-hybridized carbons (Fsp3) is 0.333. The Labute approximate surface area is 197 Å². The highest BCUT2D eigenvalue weighted by molar-refractivity contribution is 7.96. The SMILES string of the molecule is [C-]#[N+]/C(C#N)=C1/C(=Cc2ccc(N(CC)CCCCCC)cc2C)S(=O)(=O)c2ccccc21. The van der Waals surface area contributed by atoms with Crippen molar-refractivity contribution < 1.29 is 8.42 Å². The topological polar surface area (TPSA) is 65.5 Å². The molecule has 2 aromatic rings. The van der Waals surface area contributed by atoms with Gasteiger partial charge in [-0.25, -0.2) is 18.5 Å². The highest BCUT2D eigenvalue weighted by Gasteiger charge is 2.37. The molecule has 0 fully saturated rings. The first kappa shape index (κ1) is 24.3. The third-order valence-electron chi connectivity index (χ3n) is 6.00. The molecule has 0 saturated heterocycles. The van der Waals surface area contributed by atoms with E-state index in [-0.39, 0.29) is 21.1 Å². The third-order valence-corrected chi connectivity index (χ3v) is 7.84. The maximum Gasteiger partial charge on any atom is 0.270 e. The van der Waals surface area contributed by atoms with E-state index in [0.29, 0.717) is 5.56 Å². The summed E-state index contributed by atoms with van der Waals surface area (Å²) in [5, 5.41) is 9.50. The van der Waals surface area contributed by atoms with Crippen LogP contribution in [-0.2, 0) is 9.84 Å². The second kappa shape index (κ2) is 10.5. The molecule has 170 valence electrons. The number of aryl methyl sites for hydroxylation is 1. The van der Waals surface area contributed by atoms with Crippen LogP contribution in [0.3, 0.4) is 0 Å². The van der Waals surface area contributed by atoms with E-state index in [1.54, 1.807) is 24.3 Å². The van der Waals surface area contributed by atoms with Crippen LogP contribution in [0.15, 0.2) is 58.0 Å². The smallest absolute Gasteiger partial charge is 0.270 e. The number of nitrogens with zero attached hydrogens (tertiary/aromatic N) is 3. The second-order valence-electron chi connectivity index (χ2n) is 8.14. The maximum atomic E-state index is 13.3. The Morgan fingerprint density at radius 2 is 1.91 bits per heavy atom. The molecule has 0 amide bonds. The van der Waals surface area contributed by atoms with Crippen LogP contribution in [0, 0.1) is 24.8 Å². The average molecular weight is 460 g/mol. The number of sulfone groups is 1. The van der Waals surface area contributed by atoms with Crippen molar-refractivity contribution in [3.05, 3.63) is 81.2 Å². The van der Waals surface area contributed by atoms with E-state index < -0.39 is 9.84 Å². The molecule has 0 bridgehead atoms. The first-order chi connectivity index (χ1) is 15.9. The average Bonchev–Trinajstić information content (AvgIpc) is 3.03. The summed E-state index contributed by atoms with van der Waals surface area (Å²) in [6.07, 6.45) is 6.41. The van der Waals surface area contributed by atoms with Crippen LogP contribution in [0.1, 0.15) is 56.2 Å². The molecule has 0 N–H and O–H groups in total. The molecule has 3 rings (SSSR count). The minimum atomic E-state index is -3.83. The lowest BCUT2D eigenvalue weighted by Crippen LogP contribution is -2.23. The Morgan fingerprint density at radius 3 is 2.55 bits per heavy atom. The molecular formula is C27H29N3O2S. The third kappa shape index (κ3) is 4.87. The standard InChI is InChI=1S/C27H29N3O2S/c1-5-7-8-11-16-30(6-2)22-15-14-21(20(3)17-22)18-26-27(24(19-28)29-4)23-12-9-10-13-25(23)33(26,31)32/h9-10,12-15,17-18H,5-8,11,16H2,1-3H3/b26-18?,27-24+. The van der Waals surface area contributed by atoms with E-state index in [4.69, 9.17) is 6.57 Å². The molecule has 6 heteroatoms. The van der Waals surface area contributed by atoms with Gasteiger partial charge in [-0.15, -0.1) is 0 Å². The molecule has 0 spiro atoms. The van der Waals surface area contributed by atoms with Crippen molar-refractivity contribution in [1.82, 2.24) is 0 Å². The zero-order chi connectivity index (χ0) is 24.0. The van der Waals surface area contributed by atoms with Gasteiger partial charge in [0.2, 0.25) is 9.84 Å². The molecule has 5 nitrogen and oxygen atoms in total. The van der Waals surface area contributed by atoms with Gasteiger partial charge in [-0.1, -0.05) is 50.5 Å². The summed E-state index contributed by atoms with van der Waals surface area (Å²) in [6, 6.07) is 14.4. The Balaban J connectivity index is 2.04. The summed E-state index contributed by atoms with van der Waals surface area (Å²) in [6.45, 7) is 15.6. The largest absolute Gasteiger partial charge is 0.372 e. The number of rotatable bonds is 8. The van der Waals surface area contributed by atoms with Gasteiger partial charge in [0, 0.05) is 24.4 Å². The number of benzene rings is 2. The molecule has 0 radical (unpaired) electrons. The Bertz CT molecular complexity index is 1280. The van der Waals surface area contributed by atoms with Crippen molar-refractivity contribution in [3.63, 3.8) is 0 Å². The van der Waals surface area contributed by atoms with Crippen LogP contribution >= 0.6 is 0 Å². The summed E-state index contributed by atoms with van der Waals surface area (Å²) < 4.78 is 26.6. The van der Waals surface area contributed by atoms with Crippen molar-refractivity contribution in [2.75, 3.05) is 18.0 Å². The quantitative estimate of drug-likeness (QED) is 0.261. The molecule has 1 heterocycles. The van der Waals surface area contributed by atoms with Gasteiger partial charge in [0.1, 0.15) is 0 Å². The minimum Gasteiger partial charge on any atom is -0.372 e. The molecule has 1 aliphatic rings. The number of hydrogen-bond donors (Lipinski definition) is 0. The molecule has 0 aromatic heterocycles. The van der Waals surface area contributed by atoms with E-state index in [1.165, 1.54) is 25.3 Å². The zero-order valence-corrected chi connectivity index (χ0v) is 20.2. The van der Waals surface area contributed by atoms with Gasteiger partial charge in [0.25, 0.3) is 5.70 Å². The lowest BCUT2D eigenvalue weighted by molar-refractivity contribution is 0.604. The van der Waals surface area contributed by atoms with Gasteiger partial charge >= 0.3 is 0 Å². The number of allylic oxidation sites excluding steroid dienone is 2. The predicted molar refractivity (Wildman–Crippen MR) is 134 cm³/mol. The normalized spacial score (nSPS) is 16.7. The van der Waals surface area contributed by atoms with Crippen LogP contribution in [0.2, 0.25) is 0 Å². The summed E-state index contributed by atoms with van der Waals surface area (Å²) in [7, 11) is -3.83. The lowest BCUT2D eigenvalue weighted by atomic mass is 10.0. The van der Waals surface area contributed by atoms with E-state index in [1.807, 2.05) is 25.1 Å². The Hall–Kier alpha value is -3.35. The Morgan fingerprint density at radius 1 is 1.15 bits per heavy atom. The van der Waals surface area contributed by atoms with E-state index in [9.17, 15) is 13.7 Å². The van der Waals surface area contributed by atoms with Crippen LogP contribution in [0.25, 0.3) is 16.5 Å². The Kier molecular flexibility index (Phi) is 7.74. The van der Waals surface area contributed by atoms with E-state index >= 15 is 0 Å². The summed E-state index contributed by atoms with van der Waals surface area (Å²) >= 11 is 0.